The van der Waals surface area contributed by atoms with Gasteiger partial charge >= 0.3 is 12.1 Å². The second kappa shape index (κ2) is 6.40. The van der Waals surface area contributed by atoms with E-state index in [1.807, 2.05) is 0 Å². The van der Waals surface area contributed by atoms with Crippen LogP contribution >= 0.6 is 0 Å². The van der Waals surface area contributed by atoms with Gasteiger partial charge in [0.05, 0.1) is 7.11 Å². The number of hydrogen-bond acceptors (Lipinski definition) is 3. The highest BCUT2D eigenvalue weighted by Crippen LogP contribution is 2.30. The van der Waals surface area contributed by atoms with Crippen molar-refractivity contribution in [1.82, 2.24) is 0 Å². The highest BCUT2D eigenvalue weighted by Gasteiger charge is 2.41. The predicted molar refractivity (Wildman–Crippen MR) is 63.0 cm³/mol. The summed E-state index contributed by atoms with van der Waals surface area (Å²) in [7, 11) is 1.06. The highest BCUT2D eigenvalue weighted by atomic mass is 19.4. The molecule has 0 amide bonds. The second-order valence-electron chi connectivity index (χ2n) is 3.80. The number of benzene rings is 1. The van der Waals surface area contributed by atoms with Crippen molar-refractivity contribution in [3.05, 3.63) is 42.2 Å². The summed E-state index contributed by atoms with van der Waals surface area (Å²) in [6, 6.07) is 2.63. The van der Waals surface area contributed by atoms with E-state index in [4.69, 9.17) is 4.74 Å². The molecule has 0 saturated carbocycles. The molecule has 20 heavy (non-hydrogen) atoms. The number of carbonyl (C=O) groups is 1. The van der Waals surface area contributed by atoms with Crippen molar-refractivity contribution in [2.45, 2.75) is 18.7 Å². The van der Waals surface area contributed by atoms with Crippen LogP contribution in [0.5, 0.6) is 5.75 Å². The molecule has 0 radical (unpaired) electrons. The van der Waals surface area contributed by atoms with Gasteiger partial charge in [-0.3, -0.25) is 0 Å². The van der Waals surface area contributed by atoms with E-state index < -0.39 is 36.2 Å². The minimum atomic E-state index is -4.67. The molecule has 110 valence electrons. The molecule has 0 aliphatic carbocycles. The van der Waals surface area contributed by atoms with Crippen LogP contribution in [0.25, 0.3) is 0 Å². The number of hydrogen-bond donors (Lipinski definition) is 0. The van der Waals surface area contributed by atoms with Crippen molar-refractivity contribution in [3.63, 3.8) is 0 Å². The molecule has 7 heteroatoms. The lowest BCUT2D eigenvalue weighted by Gasteiger charge is -2.21. The third-order valence-corrected chi connectivity index (χ3v) is 2.36. The van der Waals surface area contributed by atoms with Crippen molar-refractivity contribution in [2.75, 3.05) is 7.11 Å². The lowest BCUT2D eigenvalue weighted by Crippen LogP contribution is -2.34. The number of rotatable bonds is 5. The molecule has 1 aromatic rings. The van der Waals surface area contributed by atoms with Crippen molar-refractivity contribution in [1.29, 1.82) is 0 Å². The lowest BCUT2D eigenvalue weighted by molar-refractivity contribution is -0.193. The summed E-state index contributed by atoms with van der Waals surface area (Å²) in [5.74, 6) is -2.27. The van der Waals surface area contributed by atoms with E-state index in [-0.39, 0.29) is 5.56 Å². The Morgan fingerprint density at radius 3 is 2.60 bits per heavy atom. The smallest absolute Gasteiger partial charge is 0.425 e. The first-order chi connectivity index (χ1) is 9.29. The van der Waals surface area contributed by atoms with Crippen LogP contribution in [-0.4, -0.2) is 25.4 Å². The van der Waals surface area contributed by atoms with E-state index >= 15 is 0 Å². The topological polar surface area (TPSA) is 35.5 Å². The fourth-order valence-corrected chi connectivity index (χ4v) is 1.43. The molecular weight excluding hydrogens is 280 g/mol. The van der Waals surface area contributed by atoms with E-state index in [1.54, 1.807) is 0 Å². The van der Waals surface area contributed by atoms with E-state index in [2.05, 4.69) is 11.3 Å². The third-order valence-electron chi connectivity index (χ3n) is 2.36. The Balaban J connectivity index is 3.14. The number of halogens is 4. The minimum absolute atomic E-state index is 0.285. The van der Waals surface area contributed by atoms with Gasteiger partial charge in [-0.15, -0.1) is 6.58 Å². The van der Waals surface area contributed by atoms with E-state index in [0.717, 1.165) is 25.3 Å². The van der Waals surface area contributed by atoms with Crippen molar-refractivity contribution in [3.8, 4) is 5.75 Å². The maximum atomic E-state index is 13.1. The minimum Gasteiger partial charge on any atom is -0.480 e. The van der Waals surface area contributed by atoms with Crippen LogP contribution in [0.1, 0.15) is 16.8 Å². The first-order valence-electron chi connectivity index (χ1n) is 5.51. The summed E-state index contributed by atoms with van der Waals surface area (Å²) >= 11 is 0. The van der Waals surface area contributed by atoms with Crippen LogP contribution in [-0.2, 0) is 4.74 Å². The maximum Gasteiger partial charge on any atom is 0.425 e. The van der Waals surface area contributed by atoms with Gasteiger partial charge in [0, 0.05) is 12.5 Å². The second-order valence-corrected chi connectivity index (χ2v) is 3.80. The van der Waals surface area contributed by atoms with Gasteiger partial charge in [0.25, 0.3) is 0 Å². The van der Waals surface area contributed by atoms with Crippen LogP contribution in [0.4, 0.5) is 17.6 Å². The van der Waals surface area contributed by atoms with Crippen LogP contribution in [0.15, 0.2) is 30.9 Å². The number of methoxy groups -OCH3 is 1. The Morgan fingerprint density at radius 1 is 1.45 bits per heavy atom. The SMILES string of the molecule is C=CCC(Oc1cc(F)ccc1C(=O)OC)C(F)(F)F. The molecule has 0 aliphatic heterocycles. The number of carbonyl (C=O) groups excluding carboxylic acids is 1. The molecule has 0 bridgehead atoms. The Hall–Kier alpha value is -2.05. The standard InChI is InChI=1S/C13H12F4O3/c1-3-4-11(13(15,16)17)20-10-7-8(14)5-6-9(10)12(18)19-2/h3,5-7,11H,1,4H2,2H3. The molecule has 3 nitrogen and oxygen atoms in total. The summed E-state index contributed by atoms with van der Waals surface area (Å²) in [5.41, 5.74) is -0.285. The first-order valence-corrected chi connectivity index (χ1v) is 5.51. The zero-order chi connectivity index (χ0) is 15.3. The van der Waals surface area contributed by atoms with Gasteiger partial charge < -0.3 is 9.47 Å². The number of ether oxygens (including phenoxy) is 2. The maximum absolute atomic E-state index is 13.1. The molecule has 0 fully saturated rings. The van der Waals surface area contributed by atoms with Gasteiger partial charge in [-0.2, -0.15) is 13.2 Å². The molecule has 1 aromatic carbocycles. The highest BCUT2D eigenvalue weighted by molar-refractivity contribution is 5.92. The lowest BCUT2D eigenvalue weighted by atomic mass is 10.2. The third kappa shape index (κ3) is 3.97. The molecule has 0 heterocycles. The molecule has 0 saturated heterocycles. The zero-order valence-corrected chi connectivity index (χ0v) is 10.5. The van der Waals surface area contributed by atoms with Crippen LogP contribution in [0.2, 0.25) is 0 Å². The van der Waals surface area contributed by atoms with Gasteiger partial charge in [0.2, 0.25) is 0 Å². The average molecular weight is 292 g/mol. The predicted octanol–water partition coefficient (Wildman–Crippen LogP) is 3.50. The van der Waals surface area contributed by atoms with Gasteiger partial charge in [-0.25, -0.2) is 9.18 Å². The van der Waals surface area contributed by atoms with Crippen LogP contribution in [0.3, 0.4) is 0 Å². The molecule has 1 rings (SSSR count). The van der Waals surface area contributed by atoms with Crippen molar-refractivity contribution in [2.24, 2.45) is 0 Å². The Morgan fingerprint density at radius 2 is 2.10 bits per heavy atom. The normalized spacial score (nSPS) is 12.7. The molecule has 1 atom stereocenters. The summed E-state index contributed by atoms with van der Waals surface area (Å²) in [6.07, 6.45) is -6.39. The average Bonchev–Trinajstić information content (AvgIpc) is 2.36. The fourth-order valence-electron chi connectivity index (χ4n) is 1.43. The molecular formula is C13H12F4O3. The first kappa shape index (κ1) is 16.0. The molecule has 1 unspecified atom stereocenters. The van der Waals surface area contributed by atoms with Crippen molar-refractivity contribution < 1.29 is 31.8 Å². The zero-order valence-electron chi connectivity index (χ0n) is 10.5. The van der Waals surface area contributed by atoms with Crippen LogP contribution < -0.4 is 4.74 Å². The Labute approximate surface area is 112 Å². The van der Waals surface area contributed by atoms with Crippen LogP contribution in [0, 0.1) is 5.82 Å². The van der Waals surface area contributed by atoms with Crippen molar-refractivity contribution >= 4 is 5.97 Å². The summed E-state index contributed by atoms with van der Waals surface area (Å²) in [5, 5.41) is 0. The summed E-state index contributed by atoms with van der Waals surface area (Å²) in [4.78, 5) is 11.4. The van der Waals surface area contributed by atoms with Gasteiger partial charge in [-0.05, 0) is 12.1 Å². The van der Waals surface area contributed by atoms with Gasteiger partial charge in [0.1, 0.15) is 17.1 Å². The monoisotopic (exact) mass is 292 g/mol. The number of alkyl halides is 3. The van der Waals surface area contributed by atoms with E-state index in [0.29, 0.717) is 6.07 Å². The summed E-state index contributed by atoms with van der Waals surface area (Å²) in [6.45, 7) is 3.20. The fraction of sp³-hybridized carbons (Fsp3) is 0.308. The molecule has 0 N–H and O–H groups in total. The summed E-state index contributed by atoms with van der Waals surface area (Å²) < 4.78 is 60.4. The quantitative estimate of drug-likeness (QED) is 0.473. The Kier molecular flexibility index (Phi) is 5.12. The van der Waals surface area contributed by atoms with E-state index in [9.17, 15) is 22.4 Å². The molecule has 0 spiro atoms. The van der Waals surface area contributed by atoms with Gasteiger partial charge in [0.15, 0.2) is 6.10 Å². The molecule has 0 aliphatic rings. The van der Waals surface area contributed by atoms with Gasteiger partial charge in [-0.1, -0.05) is 6.08 Å². The van der Waals surface area contributed by atoms with E-state index in [1.165, 1.54) is 0 Å². The largest absolute Gasteiger partial charge is 0.480 e. The Bertz CT molecular complexity index is 497. The molecule has 0 aromatic heterocycles. The number of esters is 1.